The van der Waals surface area contributed by atoms with Crippen LogP contribution in [0.2, 0.25) is 0 Å². The predicted octanol–water partition coefficient (Wildman–Crippen LogP) is 0.378. The molecule has 1 saturated carbocycles. The van der Waals surface area contributed by atoms with Gasteiger partial charge in [0.05, 0.1) is 12.4 Å². The van der Waals surface area contributed by atoms with Crippen molar-refractivity contribution in [1.82, 2.24) is 0 Å². The average molecular weight is 299 g/mol. The first-order chi connectivity index (χ1) is 9.29. The van der Waals surface area contributed by atoms with E-state index in [0.717, 1.165) is 0 Å². The second-order valence-corrected chi connectivity index (χ2v) is 7.27. The Labute approximate surface area is 117 Å². The topological polar surface area (TPSA) is 107 Å². The van der Waals surface area contributed by atoms with E-state index in [2.05, 4.69) is 0 Å². The number of ether oxygens (including phenoxy) is 1. The van der Waals surface area contributed by atoms with E-state index in [4.69, 9.17) is 10.5 Å². The largest absolute Gasteiger partial charge is 0.497 e. The van der Waals surface area contributed by atoms with Gasteiger partial charge in [-0.15, -0.1) is 0 Å². The van der Waals surface area contributed by atoms with Gasteiger partial charge in [0.15, 0.2) is 9.84 Å². The molecule has 0 bridgehead atoms. The lowest BCUT2D eigenvalue weighted by Gasteiger charge is -2.05. The van der Waals surface area contributed by atoms with E-state index in [1.807, 2.05) is 0 Å². The molecule has 7 heteroatoms. The van der Waals surface area contributed by atoms with Crippen molar-refractivity contribution < 1.29 is 23.1 Å². The zero-order valence-electron chi connectivity index (χ0n) is 11.2. The Kier molecular flexibility index (Phi) is 3.51. The molecular weight excluding hydrogens is 282 g/mol. The first kappa shape index (κ1) is 14.8. The fourth-order valence-corrected chi connectivity index (χ4v) is 4.49. The van der Waals surface area contributed by atoms with Crippen molar-refractivity contribution in [3.63, 3.8) is 0 Å². The normalized spacial score (nSPS) is 28.9. The third-order valence-electron chi connectivity index (χ3n) is 3.81. The number of hydrogen-bond acceptors (Lipinski definition) is 5. The van der Waals surface area contributed by atoms with Crippen molar-refractivity contribution in [2.75, 3.05) is 12.9 Å². The number of carboxylic acid groups (broad SMARTS) is 1. The van der Waals surface area contributed by atoms with E-state index in [-0.39, 0.29) is 5.75 Å². The number of sulfone groups is 1. The van der Waals surface area contributed by atoms with Gasteiger partial charge in [-0.2, -0.15) is 0 Å². The van der Waals surface area contributed by atoms with E-state index in [1.54, 1.807) is 24.3 Å². The Morgan fingerprint density at radius 2 is 1.95 bits per heavy atom. The highest BCUT2D eigenvalue weighted by Gasteiger charge is 2.73. The summed E-state index contributed by atoms with van der Waals surface area (Å²) in [5.41, 5.74) is 4.68. The molecule has 1 aliphatic rings. The lowest BCUT2D eigenvalue weighted by molar-refractivity contribution is -0.139. The molecule has 0 saturated heterocycles. The molecule has 0 amide bonds. The molecule has 0 aliphatic heterocycles. The van der Waals surface area contributed by atoms with Gasteiger partial charge < -0.3 is 15.6 Å². The standard InChI is InChI=1S/C13H17NO5S/c1-3-20(17,18)11-10(13(11,14)12(15)16)8-4-6-9(19-2)7-5-8/h4-7,10-11H,3,14H2,1-2H3,(H,15,16). The van der Waals surface area contributed by atoms with Crippen LogP contribution in [0.3, 0.4) is 0 Å². The van der Waals surface area contributed by atoms with Crippen molar-refractivity contribution in [1.29, 1.82) is 0 Å². The van der Waals surface area contributed by atoms with E-state index in [1.165, 1.54) is 14.0 Å². The number of benzene rings is 1. The molecule has 3 atom stereocenters. The molecule has 0 radical (unpaired) electrons. The summed E-state index contributed by atoms with van der Waals surface area (Å²) in [7, 11) is -2.01. The van der Waals surface area contributed by atoms with Crippen molar-refractivity contribution >= 4 is 15.8 Å². The number of carboxylic acids is 1. The highest BCUT2D eigenvalue weighted by Crippen LogP contribution is 2.54. The molecule has 1 fully saturated rings. The van der Waals surface area contributed by atoms with Crippen LogP contribution in [0.1, 0.15) is 18.4 Å². The number of carbonyl (C=O) groups is 1. The third-order valence-corrected chi connectivity index (χ3v) is 6.05. The molecule has 0 heterocycles. The monoisotopic (exact) mass is 299 g/mol. The molecule has 20 heavy (non-hydrogen) atoms. The molecule has 1 aliphatic carbocycles. The van der Waals surface area contributed by atoms with Crippen molar-refractivity contribution in [3.05, 3.63) is 29.8 Å². The van der Waals surface area contributed by atoms with Gasteiger partial charge in [0.2, 0.25) is 0 Å². The summed E-state index contributed by atoms with van der Waals surface area (Å²) < 4.78 is 29.1. The first-order valence-electron chi connectivity index (χ1n) is 6.16. The van der Waals surface area contributed by atoms with Gasteiger partial charge in [0.25, 0.3) is 0 Å². The second-order valence-electron chi connectivity index (χ2n) is 4.86. The molecular formula is C13H17NO5S. The minimum atomic E-state index is -3.53. The number of hydrogen-bond donors (Lipinski definition) is 2. The van der Waals surface area contributed by atoms with Gasteiger partial charge in [-0.1, -0.05) is 19.1 Å². The molecule has 6 nitrogen and oxygen atoms in total. The highest BCUT2D eigenvalue weighted by molar-refractivity contribution is 7.92. The minimum Gasteiger partial charge on any atom is -0.497 e. The van der Waals surface area contributed by atoms with Gasteiger partial charge in [-0.3, -0.25) is 4.79 Å². The van der Waals surface area contributed by atoms with Gasteiger partial charge in [0.1, 0.15) is 11.3 Å². The van der Waals surface area contributed by atoms with Crippen LogP contribution in [0.15, 0.2) is 24.3 Å². The van der Waals surface area contributed by atoms with Crippen molar-refractivity contribution in [2.45, 2.75) is 23.6 Å². The van der Waals surface area contributed by atoms with Crippen LogP contribution in [0.25, 0.3) is 0 Å². The summed E-state index contributed by atoms with van der Waals surface area (Å²) in [5, 5.41) is 8.18. The number of rotatable bonds is 5. The maximum atomic E-state index is 12.0. The van der Waals surface area contributed by atoms with E-state index in [0.29, 0.717) is 11.3 Å². The lowest BCUT2D eigenvalue weighted by atomic mass is 10.1. The zero-order valence-corrected chi connectivity index (χ0v) is 12.1. The zero-order chi connectivity index (χ0) is 15.1. The van der Waals surface area contributed by atoms with Gasteiger partial charge in [-0.05, 0) is 17.7 Å². The Morgan fingerprint density at radius 3 is 2.35 bits per heavy atom. The molecule has 110 valence electrons. The predicted molar refractivity (Wildman–Crippen MR) is 73.5 cm³/mol. The van der Waals surface area contributed by atoms with Crippen LogP contribution in [0, 0.1) is 0 Å². The summed E-state index contributed by atoms with van der Waals surface area (Å²) >= 11 is 0. The summed E-state index contributed by atoms with van der Waals surface area (Å²) in [6, 6.07) is 6.62. The molecule has 0 aromatic heterocycles. The quantitative estimate of drug-likeness (QED) is 0.814. The minimum absolute atomic E-state index is 0.128. The van der Waals surface area contributed by atoms with E-state index >= 15 is 0 Å². The molecule has 3 N–H and O–H groups in total. The van der Waals surface area contributed by atoms with Crippen LogP contribution in [-0.2, 0) is 14.6 Å². The maximum Gasteiger partial charge on any atom is 0.325 e. The van der Waals surface area contributed by atoms with E-state index < -0.39 is 32.5 Å². The second kappa shape index (κ2) is 4.75. The fourth-order valence-electron chi connectivity index (χ4n) is 2.57. The Morgan fingerprint density at radius 1 is 1.40 bits per heavy atom. The third kappa shape index (κ3) is 2.06. The Hall–Kier alpha value is -1.60. The van der Waals surface area contributed by atoms with Gasteiger partial charge in [-0.25, -0.2) is 8.42 Å². The fraction of sp³-hybridized carbons (Fsp3) is 0.462. The van der Waals surface area contributed by atoms with Crippen LogP contribution < -0.4 is 10.5 Å². The van der Waals surface area contributed by atoms with Crippen LogP contribution in [0.5, 0.6) is 5.75 Å². The average Bonchev–Trinajstić information content (AvgIpc) is 3.08. The lowest BCUT2D eigenvalue weighted by Crippen LogP contribution is -2.40. The van der Waals surface area contributed by atoms with Crippen LogP contribution in [0.4, 0.5) is 0 Å². The first-order valence-corrected chi connectivity index (χ1v) is 7.88. The SMILES string of the molecule is CCS(=O)(=O)C1C(c2ccc(OC)cc2)C1(N)C(=O)O. The maximum absolute atomic E-state index is 12.0. The molecule has 0 spiro atoms. The molecule has 3 unspecified atom stereocenters. The summed E-state index contributed by atoms with van der Waals surface area (Å²) in [6.45, 7) is 1.49. The Bertz CT molecular complexity index is 625. The molecule has 1 aromatic carbocycles. The van der Waals surface area contributed by atoms with Gasteiger partial charge >= 0.3 is 5.97 Å². The smallest absolute Gasteiger partial charge is 0.325 e. The summed E-state index contributed by atoms with van der Waals surface area (Å²) in [6.07, 6.45) is 0. The highest BCUT2D eigenvalue weighted by atomic mass is 32.2. The number of methoxy groups -OCH3 is 1. The van der Waals surface area contributed by atoms with E-state index in [9.17, 15) is 18.3 Å². The Balaban J connectivity index is 2.41. The van der Waals surface area contributed by atoms with Crippen LogP contribution in [-0.4, -0.2) is 43.1 Å². The number of nitrogens with two attached hydrogens (primary N) is 1. The van der Waals surface area contributed by atoms with Gasteiger partial charge in [0, 0.05) is 11.7 Å². The summed E-state index contributed by atoms with van der Waals surface area (Å²) in [5.74, 6) is -1.53. The van der Waals surface area contributed by atoms with Crippen LogP contribution >= 0.6 is 0 Å². The molecule has 2 rings (SSSR count). The van der Waals surface area contributed by atoms with Crippen molar-refractivity contribution in [3.8, 4) is 5.75 Å². The molecule has 1 aromatic rings. The van der Waals surface area contributed by atoms with Crippen molar-refractivity contribution in [2.24, 2.45) is 5.73 Å². The summed E-state index contributed by atoms with van der Waals surface area (Å²) in [4.78, 5) is 11.3. The number of aliphatic carboxylic acids is 1.